The van der Waals surface area contributed by atoms with Crippen molar-refractivity contribution in [2.45, 2.75) is 17.4 Å². The smallest absolute Gasteiger partial charge is 0.115 e. The van der Waals surface area contributed by atoms with Crippen LogP contribution in [0.1, 0.15) is 5.56 Å². The molecule has 100 valence electrons. The van der Waals surface area contributed by atoms with E-state index in [0.29, 0.717) is 12.2 Å². The lowest BCUT2D eigenvalue weighted by Crippen LogP contribution is -2.13. The zero-order valence-corrected chi connectivity index (χ0v) is 12.7. The molecule has 0 aromatic heterocycles. The fourth-order valence-electron chi connectivity index (χ4n) is 1.76. The van der Waals surface area contributed by atoms with E-state index in [1.807, 2.05) is 30.3 Å². The first-order valence-corrected chi connectivity index (χ1v) is 7.75. The molecular formula is C15H15BrO2S. The van der Waals surface area contributed by atoms with E-state index in [1.165, 1.54) is 0 Å². The molecule has 0 saturated carbocycles. The summed E-state index contributed by atoms with van der Waals surface area (Å²) in [5.41, 5.74) is 0.947. The summed E-state index contributed by atoms with van der Waals surface area (Å²) < 4.78 is 1.04. The molecule has 0 aliphatic rings. The largest absolute Gasteiger partial charge is 0.508 e. The number of phenolic OH excluding ortho intramolecular Hbond substituents is 1. The molecule has 2 rings (SSSR count). The molecular weight excluding hydrogens is 324 g/mol. The van der Waals surface area contributed by atoms with E-state index in [-0.39, 0.29) is 5.75 Å². The Morgan fingerprint density at radius 2 is 1.89 bits per heavy atom. The van der Waals surface area contributed by atoms with Gasteiger partial charge in [0.05, 0.1) is 6.10 Å². The standard InChI is InChI=1S/C15H15BrO2S/c16-12-4-2-6-15(9-12)19-10-14(18)8-11-3-1-5-13(17)7-11/h1-7,9,14,17-18H,8,10H2. The maximum atomic E-state index is 10.0. The summed E-state index contributed by atoms with van der Waals surface area (Å²) in [6, 6.07) is 15.0. The van der Waals surface area contributed by atoms with E-state index in [2.05, 4.69) is 15.9 Å². The van der Waals surface area contributed by atoms with E-state index in [9.17, 15) is 10.2 Å². The molecule has 0 aliphatic carbocycles. The van der Waals surface area contributed by atoms with Gasteiger partial charge in [-0.1, -0.05) is 34.1 Å². The van der Waals surface area contributed by atoms with Gasteiger partial charge in [0.2, 0.25) is 0 Å². The Balaban J connectivity index is 1.86. The predicted molar refractivity (Wildman–Crippen MR) is 82.7 cm³/mol. The van der Waals surface area contributed by atoms with Crippen molar-refractivity contribution in [3.63, 3.8) is 0 Å². The quantitative estimate of drug-likeness (QED) is 0.813. The second kappa shape index (κ2) is 6.98. The number of halogens is 1. The zero-order chi connectivity index (χ0) is 13.7. The number of benzene rings is 2. The van der Waals surface area contributed by atoms with Crippen molar-refractivity contribution in [2.24, 2.45) is 0 Å². The van der Waals surface area contributed by atoms with Gasteiger partial charge in [0.25, 0.3) is 0 Å². The fraction of sp³-hybridized carbons (Fsp3) is 0.200. The number of hydrogen-bond acceptors (Lipinski definition) is 3. The Bertz CT molecular complexity index is 545. The van der Waals surface area contributed by atoms with Gasteiger partial charge in [-0.2, -0.15) is 0 Å². The molecule has 0 saturated heterocycles. The Morgan fingerprint density at radius 3 is 2.63 bits per heavy atom. The van der Waals surface area contributed by atoms with Gasteiger partial charge in [-0.15, -0.1) is 11.8 Å². The highest BCUT2D eigenvalue weighted by molar-refractivity contribution is 9.10. The van der Waals surface area contributed by atoms with E-state index in [4.69, 9.17) is 0 Å². The van der Waals surface area contributed by atoms with Gasteiger partial charge >= 0.3 is 0 Å². The second-order valence-corrected chi connectivity index (χ2v) is 6.31. The molecule has 0 heterocycles. The van der Waals surface area contributed by atoms with E-state index >= 15 is 0 Å². The Kier molecular flexibility index (Phi) is 5.31. The summed E-state index contributed by atoms with van der Waals surface area (Å²) in [5.74, 6) is 0.871. The normalized spacial score (nSPS) is 12.3. The van der Waals surface area contributed by atoms with Crippen LogP contribution in [0.2, 0.25) is 0 Å². The van der Waals surface area contributed by atoms with Crippen LogP contribution in [0.3, 0.4) is 0 Å². The molecule has 1 unspecified atom stereocenters. The first-order valence-electron chi connectivity index (χ1n) is 5.98. The molecule has 1 atom stereocenters. The van der Waals surface area contributed by atoms with Crippen LogP contribution in [0.4, 0.5) is 0 Å². The average molecular weight is 339 g/mol. The van der Waals surface area contributed by atoms with Gasteiger partial charge in [-0.3, -0.25) is 0 Å². The molecule has 0 amide bonds. The molecule has 2 nitrogen and oxygen atoms in total. The third kappa shape index (κ3) is 4.90. The van der Waals surface area contributed by atoms with Crippen LogP contribution < -0.4 is 0 Å². The van der Waals surface area contributed by atoms with Crippen LogP contribution in [0.25, 0.3) is 0 Å². The molecule has 0 aliphatic heterocycles. The number of aliphatic hydroxyl groups is 1. The van der Waals surface area contributed by atoms with Crippen molar-refractivity contribution in [1.82, 2.24) is 0 Å². The van der Waals surface area contributed by atoms with Crippen LogP contribution in [0.5, 0.6) is 5.75 Å². The van der Waals surface area contributed by atoms with Crippen molar-refractivity contribution in [1.29, 1.82) is 0 Å². The molecule has 2 aromatic carbocycles. The maximum absolute atomic E-state index is 10.0. The molecule has 19 heavy (non-hydrogen) atoms. The lowest BCUT2D eigenvalue weighted by atomic mass is 10.1. The Morgan fingerprint density at radius 1 is 1.11 bits per heavy atom. The lowest BCUT2D eigenvalue weighted by molar-refractivity contribution is 0.200. The summed E-state index contributed by atoms with van der Waals surface area (Å²) >= 11 is 5.05. The number of thioether (sulfide) groups is 1. The number of rotatable bonds is 5. The van der Waals surface area contributed by atoms with Crippen LogP contribution in [0.15, 0.2) is 57.9 Å². The van der Waals surface area contributed by atoms with Crippen molar-refractivity contribution in [2.75, 3.05) is 5.75 Å². The van der Waals surface area contributed by atoms with Gasteiger partial charge in [-0.05, 0) is 42.3 Å². The Hall–Kier alpha value is -0.970. The van der Waals surface area contributed by atoms with Crippen molar-refractivity contribution in [3.05, 3.63) is 58.6 Å². The fourth-order valence-corrected chi connectivity index (χ4v) is 3.20. The molecule has 0 spiro atoms. The highest BCUT2D eigenvalue weighted by atomic mass is 79.9. The van der Waals surface area contributed by atoms with E-state index in [0.717, 1.165) is 14.9 Å². The number of phenols is 1. The van der Waals surface area contributed by atoms with Crippen LogP contribution >= 0.6 is 27.7 Å². The molecule has 2 N–H and O–H groups in total. The van der Waals surface area contributed by atoms with Crippen molar-refractivity contribution in [3.8, 4) is 5.75 Å². The average Bonchev–Trinajstić information content (AvgIpc) is 2.36. The second-order valence-electron chi connectivity index (χ2n) is 4.30. The maximum Gasteiger partial charge on any atom is 0.115 e. The minimum absolute atomic E-state index is 0.240. The zero-order valence-electron chi connectivity index (χ0n) is 10.3. The SMILES string of the molecule is Oc1cccc(CC(O)CSc2cccc(Br)c2)c1. The minimum Gasteiger partial charge on any atom is -0.508 e. The first kappa shape index (κ1) is 14.4. The summed E-state index contributed by atoms with van der Waals surface area (Å²) in [4.78, 5) is 1.13. The third-order valence-electron chi connectivity index (χ3n) is 2.62. The summed E-state index contributed by atoms with van der Waals surface area (Å²) in [6.45, 7) is 0. The van der Waals surface area contributed by atoms with E-state index in [1.54, 1.807) is 30.0 Å². The third-order valence-corrected chi connectivity index (χ3v) is 4.25. The monoisotopic (exact) mass is 338 g/mol. The van der Waals surface area contributed by atoms with Gasteiger partial charge < -0.3 is 10.2 Å². The van der Waals surface area contributed by atoms with Crippen LogP contribution in [0, 0.1) is 0 Å². The van der Waals surface area contributed by atoms with Gasteiger partial charge in [0.1, 0.15) is 5.75 Å². The summed E-state index contributed by atoms with van der Waals surface area (Å²) in [5, 5.41) is 19.4. The van der Waals surface area contributed by atoms with Gasteiger partial charge in [0.15, 0.2) is 0 Å². The van der Waals surface area contributed by atoms with Crippen molar-refractivity contribution >= 4 is 27.7 Å². The molecule has 4 heteroatoms. The van der Waals surface area contributed by atoms with Crippen LogP contribution in [-0.2, 0) is 6.42 Å². The molecule has 0 fully saturated rings. The number of aromatic hydroxyl groups is 1. The number of aliphatic hydroxyl groups excluding tert-OH is 1. The highest BCUT2D eigenvalue weighted by Gasteiger charge is 2.07. The molecule has 0 radical (unpaired) electrons. The van der Waals surface area contributed by atoms with Gasteiger partial charge in [0, 0.05) is 15.1 Å². The lowest BCUT2D eigenvalue weighted by Gasteiger charge is -2.10. The van der Waals surface area contributed by atoms with Crippen molar-refractivity contribution < 1.29 is 10.2 Å². The minimum atomic E-state index is -0.425. The highest BCUT2D eigenvalue weighted by Crippen LogP contribution is 2.23. The predicted octanol–water partition coefficient (Wildman–Crippen LogP) is 3.85. The van der Waals surface area contributed by atoms with Crippen LogP contribution in [-0.4, -0.2) is 22.1 Å². The molecule has 2 aromatic rings. The summed E-state index contributed by atoms with van der Waals surface area (Å²) in [6.07, 6.45) is 0.126. The topological polar surface area (TPSA) is 40.5 Å². The number of hydrogen-bond donors (Lipinski definition) is 2. The van der Waals surface area contributed by atoms with E-state index < -0.39 is 6.10 Å². The van der Waals surface area contributed by atoms with Gasteiger partial charge in [-0.25, -0.2) is 0 Å². The Labute approximate surface area is 125 Å². The molecule has 0 bridgehead atoms. The first-order chi connectivity index (χ1) is 9.13. The summed E-state index contributed by atoms with van der Waals surface area (Å²) in [7, 11) is 0.